The zero-order chi connectivity index (χ0) is 13.9. The number of aromatic nitrogens is 1. The Kier molecular flexibility index (Phi) is 3.76. The van der Waals surface area contributed by atoms with Gasteiger partial charge in [0.25, 0.3) is 0 Å². The van der Waals surface area contributed by atoms with Crippen molar-refractivity contribution in [1.29, 1.82) is 0 Å². The van der Waals surface area contributed by atoms with Gasteiger partial charge in [0.15, 0.2) is 0 Å². The molecule has 0 radical (unpaired) electrons. The highest BCUT2D eigenvalue weighted by molar-refractivity contribution is 5.70. The van der Waals surface area contributed by atoms with Crippen molar-refractivity contribution in [3.05, 3.63) is 24.5 Å². The van der Waals surface area contributed by atoms with Crippen LogP contribution in [0.5, 0.6) is 0 Å². The van der Waals surface area contributed by atoms with Gasteiger partial charge < -0.3 is 14.5 Å². The fraction of sp³-hybridized carbons (Fsp3) is 0.600. The molecule has 0 aliphatic carbocycles. The van der Waals surface area contributed by atoms with Crippen LogP contribution in [0.1, 0.15) is 19.8 Å². The Balaban J connectivity index is 1.54. The molecule has 0 N–H and O–H groups in total. The van der Waals surface area contributed by atoms with Gasteiger partial charge in [-0.25, -0.2) is 4.79 Å². The van der Waals surface area contributed by atoms with E-state index in [1.165, 1.54) is 0 Å². The zero-order valence-corrected chi connectivity index (χ0v) is 11.9. The van der Waals surface area contributed by atoms with E-state index in [0.717, 1.165) is 38.2 Å². The molecule has 2 fully saturated rings. The molecule has 108 valence electrons. The number of amides is 1. The SMILES string of the molecule is CCCCOC(=O)N1C[C@H]2CN(c3cccnc3)C[C@H]21. The molecule has 5 heteroatoms. The molecule has 0 aromatic carbocycles. The molecule has 0 unspecified atom stereocenters. The van der Waals surface area contributed by atoms with Crippen LogP contribution >= 0.6 is 0 Å². The lowest BCUT2D eigenvalue weighted by atomic mass is 9.93. The summed E-state index contributed by atoms with van der Waals surface area (Å²) in [5.74, 6) is 0.578. The predicted molar refractivity (Wildman–Crippen MR) is 76.7 cm³/mol. The largest absolute Gasteiger partial charge is 0.449 e. The molecule has 20 heavy (non-hydrogen) atoms. The summed E-state index contributed by atoms with van der Waals surface area (Å²) in [6.07, 6.45) is 5.51. The van der Waals surface area contributed by atoms with Crippen LogP contribution in [0.25, 0.3) is 0 Å². The molecule has 2 aliphatic heterocycles. The van der Waals surface area contributed by atoms with Crippen molar-refractivity contribution in [2.24, 2.45) is 5.92 Å². The minimum absolute atomic E-state index is 0.146. The second kappa shape index (κ2) is 5.69. The van der Waals surface area contributed by atoms with Crippen LogP contribution < -0.4 is 4.90 Å². The highest BCUT2D eigenvalue weighted by Gasteiger charge is 2.48. The van der Waals surface area contributed by atoms with Crippen molar-refractivity contribution in [3.63, 3.8) is 0 Å². The van der Waals surface area contributed by atoms with Gasteiger partial charge in [-0.1, -0.05) is 13.3 Å². The number of carbonyl (C=O) groups excluding carboxylic acids is 1. The number of anilines is 1. The Hall–Kier alpha value is -1.78. The van der Waals surface area contributed by atoms with Gasteiger partial charge in [-0.2, -0.15) is 0 Å². The Morgan fingerprint density at radius 2 is 2.35 bits per heavy atom. The maximum atomic E-state index is 12.0. The average Bonchev–Trinajstić information content (AvgIpc) is 2.78. The molecule has 2 atom stereocenters. The number of pyridine rings is 1. The summed E-state index contributed by atoms with van der Waals surface area (Å²) in [5.41, 5.74) is 1.14. The first kappa shape index (κ1) is 13.2. The number of likely N-dealkylation sites (tertiary alicyclic amines) is 1. The van der Waals surface area contributed by atoms with Gasteiger partial charge in [-0.05, 0) is 18.6 Å². The number of nitrogens with zero attached hydrogens (tertiary/aromatic N) is 3. The Labute approximate surface area is 119 Å². The van der Waals surface area contributed by atoms with Crippen molar-refractivity contribution in [3.8, 4) is 0 Å². The van der Waals surface area contributed by atoms with E-state index in [-0.39, 0.29) is 6.09 Å². The van der Waals surface area contributed by atoms with Crippen LogP contribution in [0.15, 0.2) is 24.5 Å². The smallest absolute Gasteiger partial charge is 0.410 e. The van der Waals surface area contributed by atoms with Gasteiger partial charge in [-0.15, -0.1) is 0 Å². The summed E-state index contributed by atoms with van der Waals surface area (Å²) in [5, 5.41) is 0. The number of fused-ring (bicyclic) bond motifs is 1. The lowest BCUT2D eigenvalue weighted by Crippen LogP contribution is -2.58. The first-order valence-electron chi connectivity index (χ1n) is 7.38. The monoisotopic (exact) mass is 275 g/mol. The molecule has 0 spiro atoms. The second-order valence-corrected chi connectivity index (χ2v) is 5.56. The standard InChI is InChI=1S/C15H21N3O2/c1-2-3-7-20-15(19)18-10-12-9-17(11-14(12)18)13-5-4-6-16-8-13/h4-6,8,12,14H,2-3,7,9-11H2,1H3/t12-,14-/m1/s1. The molecule has 5 nitrogen and oxygen atoms in total. The number of carbonyl (C=O) groups is 1. The van der Waals surface area contributed by atoms with Crippen molar-refractivity contribution < 1.29 is 9.53 Å². The summed E-state index contributed by atoms with van der Waals surface area (Å²) in [4.78, 5) is 20.3. The second-order valence-electron chi connectivity index (χ2n) is 5.56. The van der Waals surface area contributed by atoms with E-state index in [0.29, 0.717) is 18.6 Å². The fourth-order valence-corrected chi connectivity index (χ4v) is 2.98. The number of unbranched alkanes of at least 4 members (excludes halogenated alkanes) is 1. The van der Waals surface area contributed by atoms with Crippen molar-refractivity contribution in [1.82, 2.24) is 9.88 Å². The number of rotatable bonds is 4. The molecule has 1 amide bonds. The van der Waals surface area contributed by atoms with Crippen LogP contribution in [0.4, 0.5) is 10.5 Å². The van der Waals surface area contributed by atoms with Crippen molar-refractivity contribution >= 4 is 11.8 Å². The number of ether oxygens (including phenoxy) is 1. The third-order valence-corrected chi connectivity index (χ3v) is 4.21. The third-order valence-electron chi connectivity index (χ3n) is 4.21. The molecule has 0 saturated carbocycles. The van der Waals surface area contributed by atoms with Crippen LogP contribution in [0.3, 0.4) is 0 Å². The Bertz CT molecular complexity index is 465. The maximum absolute atomic E-state index is 12.0. The van der Waals surface area contributed by atoms with Gasteiger partial charge >= 0.3 is 6.09 Å². The third kappa shape index (κ3) is 2.44. The molecule has 0 bridgehead atoms. The Morgan fingerprint density at radius 3 is 3.10 bits per heavy atom. The number of hydrogen-bond acceptors (Lipinski definition) is 4. The van der Waals surface area contributed by atoms with E-state index in [4.69, 9.17) is 4.74 Å². The van der Waals surface area contributed by atoms with Gasteiger partial charge in [0.1, 0.15) is 0 Å². The first-order valence-corrected chi connectivity index (χ1v) is 7.38. The summed E-state index contributed by atoms with van der Waals surface area (Å²) in [6.45, 7) is 5.35. The van der Waals surface area contributed by atoms with Crippen molar-refractivity contribution in [2.75, 3.05) is 31.1 Å². The summed E-state index contributed by atoms with van der Waals surface area (Å²) >= 11 is 0. The van der Waals surface area contributed by atoms with Crippen LogP contribution in [-0.4, -0.2) is 48.3 Å². The lowest BCUT2D eigenvalue weighted by molar-refractivity contribution is 0.0279. The van der Waals surface area contributed by atoms with E-state index in [1.54, 1.807) is 6.20 Å². The van der Waals surface area contributed by atoms with Gasteiger partial charge in [-0.3, -0.25) is 4.98 Å². The highest BCUT2D eigenvalue weighted by Crippen LogP contribution is 2.35. The minimum Gasteiger partial charge on any atom is -0.449 e. The number of hydrogen-bond donors (Lipinski definition) is 0. The molecule has 1 aromatic heterocycles. The average molecular weight is 275 g/mol. The van der Waals surface area contributed by atoms with E-state index >= 15 is 0 Å². The quantitative estimate of drug-likeness (QED) is 0.790. The van der Waals surface area contributed by atoms with Crippen LogP contribution in [-0.2, 0) is 4.74 Å². The maximum Gasteiger partial charge on any atom is 0.410 e. The van der Waals surface area contributed by atoms with Crippen molar-refractivity contribution in [2.45, 2.75) is 25.8 Å². The molecule has 3 rings (SSSR count). The van der Waals surface area contributed by atoms with Gasteiger partial charge in [0.05, 0.1) is 24.5 Å². The van der Waals surface area contributed by atoms with E-state index in [9.17, 15) is 4.79 Å². The molecule has 3 heterocycles. The van der Waals surface area contributed by atoms with Crippen LogP contribution in [0.2, 0.25) is 0 Å². The summed E-state index contributed by atoms with van der Waals surface area (Å²) < 4.78 is 5.29. The van der Waals surface area contributed by atoms with E-state index < -0.39 is 0 Å². The molecule has 2 saturated heterocycles. The van der Waals surface area contributed by atoms with E-state index in [1.807, 2.05) is 17.2 Å². The zero-order valence-electron chi connectivity index (χ0n) is 11.9. The molecule has 2 aliphatic rings. The molecular weight excluding hydrogens is 254 g/mol. The fourth-order valence-electron chi connectivity index (χ4n) is 2.98. The summed E-state index contributed by atoms with van der Waals surface area (Å²) in [6, 6.07) is 4.33. The molecule has 1 aromatic rings. The first-order chi connectivity index (χ1) is 9.79. The summed E-state index contributed by atoms with van der Waals surface area (Å²) in [7, 11) is 0. The lowest BCUT2D eigenvalue weighted by Gasteiger charge is -2.42. The topological polar surface area (TPSA) is 45.7 Å². The Morgan fingerprint density at radius 1 is 1.45 bits per heavy atom. The van der Waals surface area contributed by atoms with Crippen LogP contribution in [0, 0.1) is 5.92 Å². The highest BCUT2D eigenvalue weighted by atomic mass is 16.6. The normalized spacial score (nSPS) is 24.2. The van der Waals surface area contributed by atoms with Gasteiger partial charge in [0, 0.05) is 31.7 Å². The predicted octanol–water partition coefficient (Wildman–Crippen LogP) is 2.14. The molecular formula is C15H21N3O2. The van der Waals surface area contributed by atoms with Gasteiger partial charge in [0.2, 0.25) is 0 Å². The van der Waals surface area contributed by atoms with E-state index in [2.05, 4.69) is 22.9 Å². The minimum atomic E-state index is -0.146.